The van der Waals surface area contributed by atoms with Crippen LogP contribution >= 0.6 is 0 Å². The Labute approximate surface area is 181 Å². The highest BCUT2D eigenvalue weighted by atomic mass is 16.2. The van der Waals surface area contributed by atoms with Gasteiger partial charge in [0.1, 0.15) is 0 Å². The van der Waals surface area contributed by atoms with Crippen molar-refractivity contribution in [2.24, 2.45) is 13.0 Å². The maximum Gasteiger partial charge on any atom is 0.253 e. The summed E-state index contributed by atoms with van der Waals surface area (Å²) < 4.78 is 1.99. The van der Waals surface area contributed by atoms with Crippen LogP contribution in [0.3, 0.4) is 0 Å². The summed E-state index contributed by atoms with van der Waals surface area (Å²) in [6.45, 7) is 0. The van der Waals surface area contributed by atoms with Crippen LogP contribution in [0.4, 0.5) is 0 Å². The first-order chi connectivity index (χ1) is 15.1. The Morgan fingerprint density at radius 3 is 2.71 bits per heavy atom. The fourth-order valence-corrected chi connectivity index (χ4v) is 5.14. The number of benzene rings is 1. The van der Waals surface area contributed by atoms with E-state index in [-0.39, 0.29) is 29.8 Å². The predicted molar refractivity (Wildman–Crippen MR) is 119 cm³/mol. The number of fused-ring (bicyclic) bond motifs is 2. The summed E-state index contributed by atoms with van der Waals surface area (Å²) in [6.07, 6.45) is 9.85. The van der Waals surface area contributed by atoms with Crippen molar-refractivity contribution >= 4 is 22.7 Å². The van der Waals surface area contributed by atoms with E-state index in [1.54, 1.807) is 0 Å². The van der Waals surface area contributed by atoms with Crippen molar-refractivity contribution in [3.63, 3.8) is 0 Å². The Bertz CT molecular complexity index is 1110. The minimum absolute atomic E-state index is 0.0257. The Balaban J connectivity index is 1.13. The van der Waals surface area contributed by atoms with Gasteiger partial charge in [0, 0.05) is 54.3 Å². The highest BCUT2D eigenvalue weighted by molar-refractivity contribution is 6.07. The van der Waals surface area contributed by atoms with Gasteiger partial charge in [-0.15, -0.1) is 0 Å². The number of aromatic amines is 1. The van der Waals surface area contributed by atoms with E-state index in [9.17, 15) is 9.59 Å². The number of nitrogens with zero attached hydrogens (tertiary/aromatic N) is 2. The van der Waals surface area contributed by atoms with Gasteiger partial charge in [0.2, 0.25) is 5.91 Å². The monoisotopic (exact) mass is 419 g/mol. The number of aryl methyl sites for hydroxylation is 2. The first-order valence-corrected chi connectivity index (χ1v) is 11.2. The lowest BCUT2D eigenvalue weighted by molar-refractivity contribution is -0.126. The molecule has 3 aromatic rings. The van der Waals surface area contributed by atoms with Gasteiger partial charge in [-0.3, -0.25) is 14.7 Å². The van der Waals surface area contributed by atoms with Gasteiger partial charge in [0.15, 0.2) is 0 Å². The standard InChI is InChI=1S/C24H29N5O2/c1-29-14-20(19-4-2-3-5-22(19)29)24(31)26-17-9-6-15(7-10-17)23(30)27-18-11-8-16-13-25-28-21(16)12-18/h2-5,13-15,17-18H,6-12H2,1H3,(H,25,28)(H,26,31)(H,27,30). The number of amides is 2. The van der Waals surface area contributed by atoms with E-state index in [2.05, 4.69) is 20.8 Å². The van der Waals surface area contributed by atoms with E-state index in [0.29, 0.717) is 5.56 Å². The molecule has 31 heavy (non-hydrogen) atoms. The van der Waals surface area contributed by atoms with Gasteiger partial charge in [0.25, 0.3) is 5.91 Å². The summed E-state index contributed by atoms with van der Waals surface area (Å²) in [7, 11) is 1.96. The SMILES string of the molecule is Cn1cc(C(=O)NC2CCC(C(=O)NC3CCc4cn[nH]c4C3)CC2)c2ccccc21. The molecule has 1 atom stereocenters. The summed E-state index contributed by atoms with van der Waals surface area (Å²) >= 11 is 0. The lowest BCUT2D eigenvalue weighted by Gasteiger charge is -2.30. The molecule has 1 saturated carbocycles. The largest absolute Gasteiger partial charge is 0.353 e. The van der Waals surface area contributed by atoms with Crippen molar-refractivity contribution in [2.45, 2.75) is 57.0 Å². The summed E-state index contributed by atoms with van der Waals surface area (Å²) in [4.78, 5) is 25.7. The van der Waals surface area contributed by atoms with Gasteiger partial charge in [-0.05, 0) is 50.2 Å². The van der Waals surface area contributed by atoms with E-state index in [1.165, 1.54) is 5.56 Å². The van der Waals surface area contributed by atoms with Crippen LogP contribution < -0.4 is 10.6 Å². The van der Waals surface area contributed by atoms with Gasteiger partial charge in [-0.25, -0.2) is 0 Å². The summed E-state index contributed by atoms with van der Waals surface area (Å²) in [5.41, 5.74) is 4.19. The molecule has 1 unspecified atom stereocenters. The maximum atomic E-state index is 12.9. The molecular formula is C24H29N5O2. The third-order valence-electron chi connectivity index (χ3n) is 6.94. The van der Waals surface area contributed by atoms with Crippen molar-refractivity contribution in [1.82, 2.24) is 25.4 Å². The lowest BCUT2D eigenvalue weighted by Crippen LogP contribution is -2.44. The number of carbonyl (C=O) groups is 2. The number of rotatable bonds is 4. The van der Waals surface area contributed by atoms with Crippen LogP contribution in [0.15, 0.2) is 36.7 Å². The van der Waals surface area contributed by atoms with Crippen LogP contribution in [-0.2, 0) is 24.7 Å². The zero-order valence-electron chi connectivity index (χ0n) is 17.9. The number of para-hydroxylation sites is 1. The van der Waals surface area contributed by atoms with Crippen molar-refractivity contribution in [1.29, 1.82) is 0 Å². The molecule has 2 aliphatic rings. The molecular weight excluding hydrogens is 390 g/mol. The second kappa shape index (κ2) is 8.21. The lowest BCUT2D eigenvalue weighted by atomic mass is 9.84. The zero-order chi connectivity index (χ0) is 21.4. The average molecular weight is 420 g/mol. The second-order valence-electron chi connectivity index (χ2n) is 9.01. The molecule has 0 spiro atoms. The highest BCUT2D eigenvalue weighted by Gasteiger charge is 2.30. The van der Waals surface area contributed by atoms with Crippen LogP contribution in [0.2, 0.25) is 0 Å². The van der Waals surface area contributed by atoms with E-state index in [4.69, 9.17) is 0 Å². The number of hydrogen-bond donors (Lipinski definition) is 3. The minimum Gasteiger partial charge on any atom is -0.353 e. The second-order valence-corrected chi connectivity index (χ2v) is 9.01. The number of carbonyl (C=O) groups excluding carboxylic acids is 2. The Kier molecular flexibility index (Phi) is 5.26. The molecule has 0 saturated heterocycles. The first kappa shape index (κ1) is 19.8. The molecule has 2 amide bonds. The fourth-order valence-electron chi connectivity index (χ4n) is 5.14. The van der Waals surface area contributed by atoms with Crippen LogP contribution in [0, 0.1) is 5.92 Å². The summed E-state index contributed by atoms with van der Waals surface area (Å²) in [5, 5.41) is 14.6. The minimum atomic E-state index is -0.0257. The zero-order valence-corrected chi connectivity index (χ0v) is 17.9. The molecule has 1 fully saturated rings. The van der Waals surface area contributed by atoms with Crippen LogP contribution in [0.25, 0.3) is 10.9 Å². The predicted octanol–water partition coefficient (Wildman–Crippen LogP) is 2.86. The van der Waals surface area contributed by atoms with Gasteiger partial charge in [-0.1, -0.05) is 18.2 Å². The van der Waals surface area contributed by atoms with Gasteiger partial charge in [-0.2, -0.15) is 5.10 Å². The molecule has 1 aromatic carbocycles. The first-order valence-electron chi connectivity index (χ1n) is 11.2. The van der Waals surface area contributed by atoms with Crippen LogP contribution in [-0.4, -0.2) is 38.7 Å². The van der Waals surface area contributed by atoms with Gasteiger partial charge >= 0.3 is 0 Å². The Morgan fingerprint density at radius 2 is 1.87 bits per heavy atom. The number of aromatic nitrogens is 3. The average Bonchev–Trinajstić information content (AvgIpc) is 3.38. The topological polar surface area (TPSA) is 91.8 Å². The molecule has 162 valence electrons. The third-order valence-corrected chi connectivity index (χ3v) is 6.94. The smallest absolute Gasteiger partial charge is 0.253 e. The molecule has 0 bridgehead atoms. The molecule has 5 rings (SSSR count). The van der Waals surface area contributed by atoms with E-state index in [0.717, 1.165) is 61.5 Å². The molecule has 2 aromatic heterocycles. The molecule has 0 aliphatic heterocycles. The van der Waals surface area contributed by atoms with Crippen LogP contribution in [0.5, 0.6) is 0 Å². The fraction of sp³-hybridized carbons (Fsp3) is 0.458. The molecule has 0 radical (unpaired) electrons. The number of nitrogens with one attached hydrogen (secondary N) is 3. The molecule has 2 aliphatic carbocycles. The molecule has 7 nitrogen and oxygen atoms in total. The number of hydrogen-bond acceptors (Lipinski definition) is 3. The quantitative estimate of drug-likeness (QED) is 0.607. The normalized spacial score (nSPS) is 23.3. The highest BCUT2D eigenvalue weighted by Crippen LogP contribution is 2.27. The Morgan fingerprint density at radius 1 is 1.06 bits per heavy atom. The maximum absolute atomic E-state index is 12.9. The van der Waals surface area contributed by atoms with Crippen molar-refractivity contribution in [3.05, 3.63) is 53.5 Å². The Hall–Kier alpha value is -3.09. The van der Waals surface area contributed by atoms with Crippen molar-refractivity contribution < 1.29 is 9.59 Å². The summed E-state index contributed by atoms with van der Waals surface area (Å²) in [6, 6.07) is 8.26. The summed E-state index contributed by atoms with van der Waals surface area (Å²) in [5.74, 6) is 0.169. The van der Waals surface area contributed by atoms with Crippen molar-refractivity contribution in [2.75, 3.05) is 0 Å². The van der Waals surface area contributed by atoms with E-state index < -0.39 is 0 Å². The molecule has 3 N–H and O–H groups in total. The van der Waals surface area contributed by atoms with E-state index in [1.807, 2.05) is 48.3 Å². The van der Waals surface area contributed by atoms with Crippen LogP contribution in [0.1, 0.15) is 53.7 Å². The molecule has 7 heteroatoms. The van der Waals surface area contributed by atoms with E-state index >= 15 is 0 Å². The van der Waals surface area contributed by atoms with Gasteiger partial charge < -0.3 is 15.2 Å². The van der Waals surface area contributed by atoms with Gasteiger partial charge in [0.05, 0.1) is 11.8 Å². The van der Waals surface area contributed by atoms with Crippen molar-refractivity contribution in [3.8, 4) is 0 Å². The molecule has 2 heterocycles. The third kappa shape index (κ3) is 3.96. The number of H-pyrrole nitrogens is 1.